The van der Waals surface area contributed by atoms with Crippen molar-refractivity contribution in [2.45, 2.75) is 13.5 Å². The second-order valence-electron chi connectivity index (χ2n) is 3.24. The second kappa shape index (κ2) is 4.31. The van der Waals surface area contributed by atoms with E-state index in [0.29, 0.717) is 6.54 Å². The number of benzene rings is 1. The predicted octanol–water partition coefficient (Wildman–Crippen LogP) is 3.23. The zero-order valence-electron chi connectivity index (χ0n) is 8.33. The SMILES string of the molecule is Cc1sc(-c2cccc(Cl)c2)nc1CN. The van der Waals surface area contributed by atoms with Crippen molar-refractivity contribution in [3.63, 3.8) is 0 Å². The molecule has 15 heavy (non-hydrogen) atoms. The summed E-state index contributed by atoms with van der Waals surface area (Å²) >= 11 is 7.58. The molecule has 2 aromatic rings. The van der Waals surface area contributed by atoms with E-state index in [9.17, 15) is 0 Å². The van der Waals surface area contributed by atoms with Crippen LogP contribution in [-0.4, -0.2) is 4.98 Å². The number of halogens is 1. The van der Waals surface area contributed by atoms with Crippen LogP contribution in [0.2, 0.25) is 5.02 Å². The first kappa shape index (κ1) is 10.6. The summed E-state index contributed by atoms with van der Waals surface area (Å²) in [5.41, 5.74) is 7.61. The molecular weight excluding hydrogens is 228 g/mol. The van der Waals surface area contributed by atoms with Gasteiger partial charge in [-0.25, -0.2) is 4.98 Å². The van der Waals surface area contributed by atoms with E-state index >= 15 is 0 Å². The third-order valence-electron chi connectivity index (χ3n) is 2.16. The van der Waals surface area contributed by atoms with Gasteiger partial charge in [0.25, 0.3) is 0 Å². The molecule has 0 saturated carbocycles. The van der Waals surface area contributed by atoms with Gasteiger partial charge in [0, 0.05) is 22.0 Å². The number of thiazole rings is 1. The number of nitrogens with two attached hydrogens (primary N) is 1. The Morgan fingerprint density at radius 1 is 1.47 bits per heavy atom. The van der Waals surface area contributed by atoms with Gasteiger partial charge in [-0.15, -0.1) is 11.3 Å². The lowest BCUT2D eigenvalue weighted by molar-refractivity contribution is 0.998. The predicted molar refractivity (Wildman–Crippen MR) is 65.2 cm³/mol. The van der Waals surface area contributed by atoms with Crippen molar-refractivity contribution < 1.29 is 0 Å². The summed E-state index contributed by atoms with van der Waals surface area (Å²) in [5, 5.41) is 1.71. The van der Waals surface area contributed by atoms with Crippen LogP contribution < -0.4 is 5.73 Å². The molecule has 0 unspecified atom stereocenters. The van der Waals surface area contributed by atoms with Gasteiger partial charge in [-0.1, -0.05) is 23.7 Å². The summed E-state index contributed by atoms with van der Waals surface area (Å²) < 4.78 is 0. The lowest BCUT2D eigenvalue weighted by Gasteiger charge is -1.95. The monoisotopic (exact) mass is 238 g/mol. The van der Waals surface area contributed by atoms with Crippen LogP contribution in [-0.2, 0) is 6.54 Å². The summed E-state index contributed by atoms with van der Waals surface area (Å²) in [4.78, 5) is 5.65. The maximum Gasteiger partial charge on any atom is 0.123 e. The van der Waals surface area contributed by atoms with E-state index in [1.807, 2.05) is 31.2 Å². The van der Waals surface area contributed by atoms with Gasteiger partial charge in [0.15, 0.2) is 0 Å². The Kier molecular flexibility index (Phi) is 3.05. The van der Waals surface area contributed by atoms with Gasteiger partial charge in [-0.05, 0) is 19.1 Å². The highest BCUT2D eigenvalue weighted by molar-refractivity contribution is 7.15. The van der Waals surface area contributed by atoms with Gasteiger partial charge in [-0.3, -0.25) is 0 Å². The van der Waals surface area contributed by atoms with Crippen LogP contribution >= 0.6 is 22.9 Å². The summed E-state index contributed by atoms with van der Waals surface area (Å²) in [5.74, 6) is 0. The number of nitrogens with zero attached hydrogens (tertiary/aromatic N) is 1. The van der Waals surface area contributed by atoms with Crippen LogP contribution in [0.4, 0.5) is 0 Å². The molecule has 0 bridgehead atoms. The molecule has 0 aliphatic carbocycles. The molecule has 1 heterocycles. The van der Waals surface area contributed by atoms with Crippen molar-refractivity contribution in [1.29, 1.82) is 0 Å². The zero-order chi connectivity index (χ0) is 10.8. The smallest absolute Gasteiger partial charge is 0.123 e. The van der Waals surface area contributed by atoms with Crippen LogP contribution in [0.1, 0.15) is 10.6 Å². The van der Waals surface area contributed by atoms with Gasteiger partial charge in [0.2, 0.25) is 0 Å². The third-order valence-corrected chi connectivity index (χ3v) is 3.45. The fourth-order valence-corrected chi connectivity index (χ4v) is 2.49. The van der Waals surface area contributed by atoms with Gasteiger partial charge < -0.3 is 5.73 Å². The minimum atomic E-state index is 0.489. The molecule has 2 N–H and O–H groups in total. The van der Waals surface area contributed by atoms with E-state index in [0.717, 1.165) is 21.3 Å². The highest BCUT2D eigenvalue weighted by Gasteiger charge is 2.07. The topological polar surface area (TPSA) is 38.9 Å². The molecule has 78 valence electrons. The number of rotatable bonds is 2. The molecule has 0 radical (unpaired) electrons. The summed E-state index contributed by atoms with van der Waals surface area (Å²) in [6, 6.07) is 7.70. The Hall–Kier alpha value is -0.900. The number of aryl methyl sites for hydroxylation is 1. The van der Waals surface area contributed by atoms with Crippen LogP contribution in [0.3, 0.4) is 0 Å². The molecule has 0 amide bonds. The Balaban J connectivity index is 2.45. The molecule has 0 atom stereocenters. The minimum absolute atomic E-state index is 0.489. The molecule has 0 aliphatic rings. The maximum atomic E-state index is 5.93. The van der Waals surface area contributed by atoms with E-state index in [1.165, 1.54) is 4.88 Å². The normalized spacial score (nSPS) is 10.6. The highest BCUT2D eigenvalue weighted by atomic mass is 35.5. The molecule has 4 heteroatoms. The van der Waals surface area contributed by atoms with E-state index in [4.69, 9.17) is 17.3 Å². The lowest BCUT2D eigenvalue weighted by Crippen LogP contribution is -1.97. The molecule has 0 saturated heterocycles. The molecular formula is C11H11ClN2S. The molecule has 0 spiro atoms. The van der Waals surface area contributed by atoms with Crippen molar-refractivity contribution in [3.8, 4) is 10.6 Å². The molecule has 1 aromatic heterocycles. The highest BCUT2D eigenvalue weighted by Crippen LogP contribution is 2.28. The van der Waals surface area contributed by atoms with Crippen molar-refractivity contribution >= 4 is 22.9 Å². The Morgan fingerprint density at radius 3 is 2.87 bits per heavy atom. The number of aromatic nitrogens is 1. The fraction of sp³-hybridized carbons (Fsp3) is 0.182. The molecule has 0 fully saturated rings. The van der Waals surface area contributed by atoms with E-state index in [-0.39, 0.29) is 0 Å². The van der Waals surface area contributed by atoms with Gasteiger partial charge in [-0.2, -0.15) is 0 Å². The standard InChI is InChI=1S/C11H11ClN2S/c1-7-10(6-13)14-11(15-7)8-3-2-4-9(12)5-8/h2-5H,6,13H2,1H3. The van der Waals surface area contributed by atoms with Gasteiger partial charge in [0.1, 0.15) is 5.01 Å². The van der Waals surface area contributed by atoms with Gasteiger partial charge in [0.05, 0.1) is 5.69 Å². The summed E-state index contributed by atoms with van der Waals surface area (Å²) in [6.45, 7) is 2.52. The summed E-state index contributed by atoms with van der Waals surface area (Å²) in [7, 11) is 0. The van der Waals surface area contributed by atoms with E-state index in [2.05, 4.69) is 4.98 Å². The zero-order valence-corrected chi connectivity index (χ0v) is 9.90. The van der Waals surface area contributed by atoms with Crippen molar-refractivity contribution in [3.05, 3.63) is 39.9 Å². The second-order valence-corrected chi connectivity index (χ2v) is 4.88. The minimum Gasteiger partial charge on any atom is -0.325 e. The largest absolute Gasteiger partial charge is 0.325 e. The van der Waals surface area contributed by atoms with Crippen LogP contribution in [0, 0.1) is 6.92 Å². The molecule has 2 nitrogen and oxygen atoms in total. The average Bonchev–Trinajstić information content (AvgIpc) is 2.60. The van der Waals surface area contributed by atoms with Crippen LogP contribution in [0.15, 0.2) is 24.3 Å². The average molecular weight is 239 g/mol. The first-order chi connectivity index (χ1) is 7.20. The van der Waals surface area contributed by atoms with Crippen LogP contribution in [0.5, 0.6) is 0 Å². The van der Waals surface area contributed by atoms with Crippen molar-refractivity contribution in [2.75, 3.05) is 0 Å². The molecule has 2 rings (SSSR count). The Morgan fingerprint density at radius 2 is 2.27 bits per heavy atom. The van der Waals surface area contributed by atoms with E-state index < -0.39 is 0 Å². The van der Waals surface area contributed by atoms with Crippen molar-refractivity contribution in [2.24, 2.45) is 5.73 Å². The third kappa shape index (κ3) is 2.20. The van der Waals surface area contributed by atoms with E-state index in [1.54, 1.807) is 11.3 Å². The maximum absolute atomic E-state index is 5.93. The summed E-state index contributed by atoms with van der Waals surface area (Å²) in [6.07, 6.45) is 0. The molecule has 1 aromatic carbocycles. The van der Waals surface area contributed by atoms with Gasteiger partial charge >= 0.3 is 0 Å². The first-order valence-electron chi connectivity index (χ1n) is 4.63. The first-order valence-corrected chi connectivity index (χ1v) is 5.82. The number of hydrogen-bond donors (Lipinski definition) is 1. The fourth-order valence-electron chi connectivity index (χ4n) is 1.36. The Bertz CT molecular complexity index is 479. The quantitative estimate of drug-likeness (QED) is 0.873. The molecule has 0 aliphatic heterocycles. The van der Waals surface area contributed by atoms with Crippen molar-refractivity contribution in [1.82, 2.24) is 4.98 Å². The lowest BCUT2D eigenvalue weighted by atomic mass is 10.2. The number of hydrogen-bond acceptors (Lipinski definition) is 3. The van der Waals surface area contributed by atoms with Crippen LogP contribution in [0.25, 0.3) is 10.6 Å². The Labute approximate surface area is 97.7 Å².